The summed E-state index contributed by atoms with van der Waals surface area (Å²) in [6.07, 6.45) is 2.70. The third kappa shape index (κ3) is 4.04. The minimum atomic E-state index is -3.72. The topological polar surface area (TPSA) is 89.3 Å². The molecule has 1 saturated heterocycles. The number of sulfonamides is 1. The number of rotatable bonds is 6. The molecular formula is C21H26N2O6S. The van der Waals surface area contributed by atoms with Crippen LogP contribution >= 0.6 is 0 Å². The van der Waals surface area contributed by atoms with Crippen molar-refractivity contribution in [3.63, 3.8) is 0 Å². The van der Waals surface area contributed by atoms with Gasteiger partial charge in [0.2, 0.25) is 5.09 Å². The van der Waals surface area contributed by atoms with Gasteiger partial charge < -0.3 is 18.8 Å². The van der Waals surface area contributed by atoms with Gasteiger partial charge in [0.25, 0.3) is 15.9 Å². The van der Waals surface area contributed by atoms with Crippen molar-refractivity contribution in [1.29, 1.82) is 0 Å². The molecule has 4 rings (SSSR count). The molecule has 1 aromatic heterocycles. The molecule has 1 fully saturated rings. The quantitative estimate of drug-likeness (QED) is 0.695. The maximum atomic E-state index is 13.0. The molecule has 162 valence electrons. The Balaban J connectivity index is 1.52. The van der Waals surface area contributed by atoms with Gasteiger partial charge in [0.05, 0.1) is 0 Å². The number of fused-ring (bicyclic) bond motifs is 1. The fraction of sp³-hybridized carbons (Fsp3) is 0.476. The Bertz CT molecular complexity index is 1010. The molecule has 2 aliphatic rings. The molecule has 1 aromatic carbocycles. The van der Waals surface area contributed by atoms with Crippen LogP contribution < -0.4 is 9.47 Å². The Morgan fingerprint density at radius 3 is 2.60 bits per heavy atom. The molecule has 0 N–H and O–H groups in total. The molecule has 2 aromatic rings. The second kappa shape index (κ2) is 8.69. The van der Waals surface area contributed by atoms with Crippen molar-refractivity contribution in [2.24, 2.45) is 0 Å². The molecule has 2 aliphatic heterocycles. The highest BCUT2D eigenvalue weighted by Crippen LogP contribution is 2.34. The average molecular weight is 435 g/mol. The van der Waals surface area contributed by atoms with Crippen molar-refractivity contribution in [2.45, 2.75) is 37.8 Å². The molecule has 3 heterocycles. The monoisotopic (exact) mass is 434 g/mol. The maximum absolute atomic E-state index is 13.0. The number of amides is 1. The number of para-hydroxylation sites is 1. The number of carbonyl (C=O) groups excluding carboxylic acids is 1. The van der Waals surface area contributed by atoms with Gasteiger partial charge in [0.1, 0.15) is 13.2 Å². The highest BCUT2D eigenvalue weighted by molar-refractivity contribution is 7.89. The predicted molar refractivity (Wildman–Crippen MR) is 109 cm³/mol. The van der Waals surface area contributed by atoms with Crippen LogP contribution in [0, 0.1) is 0 Å². The standard InChI is InChI=1S/C21H26N2O6S/c1-2-22(15-16-7-6-8-17-20(16)28-14-13-27-17)21(24)18-9-10-19(29-18)30(25,26)23-11-4-3-5-12-23/h6-10H,2-5,11-15H2,1H3. The van der Waals surface area contributed by atoms with Crippen molar-refractivity contribution in [1.82, 2.24) is 9.21 Å². The van der Waals surface area contributed by atoms with E-state index in [4.69, 9.17) is 13.9 Å². The third-order valence-electron chi connectivity index (χ3n) is 5.38. The summed E-state index contributed by atoms with van der Waals surface area (Å²) in [4.78, 5) is 14.6. The molecule has 1 amide bonds. The van der Waals surface area contributed by atoms with Gasteiger partial charge in [-0.15, -0.1) is 0 Å². The molecule has 0 spiro atoms. The van der Waals surface area contributed by atoms with E-state index in [0.717, 1.165) is 24.8 Å². The molecular weight excluding hydrogens is 408 g/mol. The van der Waals surface area contributed by atoms with E-state index in [1.165, 1.54) is 16.4 Å². The number of ether oxygens (including phenoxy) is 2. The number of hydrogen-bond acceptors (Lipinski definition) is 6. The number of nitrogens with zero attached hydrogens (tertiary/aromatic N) is 2. The lowest BCUT2D eigenvalue weighted by molar-refractivity contribution is 0.0711. The summed E-state index contributed by atoms with van der Waals surface area (Å²) < 4.78 is 43.9. The van der Waals surface area contributed by atoms with E-state index in [-0.39, 0.29) is 16.8 Å². The highest BCUT2D eigenvalue weighted by atomic mass is 32.2. The first kappa shape index (κ1) is 20.7. The van der Waals surface area contributed by atoms with E-state index in [2.05, 4.69) is 0 Å². The van der Waals surface area contributed by atoms with Crippen LogP contribution in [0.2, 0.25) is 0 Å². The summed E-state index contributed by atoms with van der Waals surface area (Å²) in [7, 11) is -3.72. The van der Waals surface area contributed by atoms with E-state index < -0.39 is 10.0 Å². The number of piperidine rings is 1. The van der Waals surface area contributed by atoms with Gasteiger partial charge >= 0.3 is 0 Å². The SMILES string of the molecule is CCN(Cc1cccc2c1OCCO2)C(=O)c1ccc(S(=O)(=O)N2CCCCC2)o1. The number of carbonyl (C=O) groups is 1. The average Bonchev–Trinajstić information content (AvgIpc) is 3.29. The van der Waals surface area contributed by atoms with Crippen molar-refractivity contribution < 1.29 is 27.1 Å². The molecule has 0 atom stereocenters. The fourth-order valence-electron chi connectivity index (χ4n) is 3.75. The molecule has 30 heavy (non-hydrogen) atoms. The van der Waals surface area contributed by atoms with Gasteiger partial charge in [0, 0.05) is 31.7 Å². The first-order valence-electron chi connectivity index (χ1n) is 10.3. The van der Waals surface area contributed by atoms with Crippen LogP contribution in [-0.4, -0.2) is 56.4 Å². The normalized spacial score (nSPS) is 17.0. The number of furan rings is 1. The van der Waals surface area contributed by atoms with Crippen LogP contribution in [0.25, 0.3) is 0 Å². The smallest absolute Gasteiger partial charge is 0.289 e. The summed E-state index contributed by atoms with van der Waals surface area (Å²) in [6.45, 7) is 4.50. The summed E-state index contributed by atoms with van der Waals surface area (Å²) in [5.41, 5.74) is 0.829. The Hall–Kier alpha value is -2.52. The molecule has 0 radical (unpaired) electrons. The Morgan fingerprint density at radius 2 is 1.83 bits per heavy atom. The zero-order valence-corrected chi connectivity index (χ0v) is 17.8. The number of benzene rings is 1. The van der Waals surface area contributed by atoms with E-state index in [1.807, 2.05) is 25.1 Å². The molecule has 8 nitrogen and oxygen atoms in total. The second-order valence-electron chi connectivity index (χ2n) is 7.34. The molecule has 0 bridgehead atoms. The van der Waals surface area contributed by atoms with E-state index in [0.29, 0.717) is 50.9 Å². The summed E-state index contributed by atoms with van der Waals surface area (Å²) in [5, 5.41) is -0.183. The van der Waals surface area contributed by atoms with Crippen LogP contribution in [0.1, 0.15) is 42.3 Å². The van der Waals surface area contributed by atoms with Gasteiger partial charge in [-0.25, -0.2) is 8.42 Å². The Morgan fingerprint density at radius 1 is 1.07 bits per heavy atom. The van der Waals surface area contributed by atoms with Crippen molar-refractivity contribution in [3.8, 4) is 11.5 Å². The third-order valence-corrected chi connectivity index (χ3v) is 7.15. The molecule has 9 heteroatoms. The van der Waals surface area contributed by atoms with Crippen molar-refractivity contribution in [3.05, 3.63) is 41.7 Å². The Labute approximate surface area is 176 Å². The summed E-state index contributed by atoms with van der Waals surface area (Å²) >= 11 is 0. The van der Waals surface area contributed by atoms with Gasteiger partial charge in [0.15, 0.2) is 17.3 Å². The zero-order valence-electron chi connectivity index (χ0n) is 17.0. The van der Waals surface area contributed by atoms with Crippen LogP contribution in [0.15, 0.2) is 39.8 Å². The van der Waals surface area contributed by atoms with Gasteiger partial charge in [-0.1, -0.05) is 18.6 Å². The first-order chi connectivity index (χ1) is 14.5. The van der Waals surface area contributed by atoms with Gasteiger partial charge in [-0.3, -0.25) is 4.79 Å². The van der Waals surface area contributed by atoms with Crippen LogP contribution in [0.4, 0.5) is 0 Å². The minimum Gasteiger partial charge on any atom is -0.486 e. The second-order valence-corrected chi connectivity index (χ2v) is 9.21. The lowest BCUT2D eigenvalue weighted by atomic mass is 10.1. The number of hydrogen-bond donors (Lipinski definition) is 0. The van der Waals surface area contributed by atoms with Crippen molar-refractivity contribution >= 4 is 15.9 Å². The predicted octanol–water partition coefficient (Wildman–Crippen LogP) is 2.89. The molecule has 0 saturated carbocycles. The van der Waals surface area contributed by atoms with Gasteiger partial charge in [-0.05, 0) is 38.0 Å². The lowest BCUT2D eigenvalue weighted by Crippen LogP contribution is -2.35. The lowest BCUT2D eigenvalue weighted by Gasteiger charge is -2.25. The summed E-state index contributed by atoms with van der Waals surface area (Å²) in [6, 6.07) is 8.38. The van der Waals surface area contributed by atoms with Crippen LogP contribution in [-0.2, 0) is 16.6 Å². The van der Waals surface area contributed by atoms with Gasteiger partial charge in [-0.2, -0.15) is 4.31 Å². The highest BCUT2D eigenvalue weighted by Gasteiger charge is 2.30. The van der Waals surface area contributed by atoms with E-state index >= 15 is 0 Å². The van der Waals surface area contributed by atoms with Crippen LogP contribution in [0.5, 0.6) is 11.5 Å². The van der Waals surface area contributed by atoms with E-state index in [9.17, 15) is 13.2 Å². The minimum absolute atomic E-state index is 0.00871. The molecule has 0 aliphatic carbocycles. The first-order valence-corrected chi connectivity index (χ1v) is 11.7. The zero-order chi connectivity index (χ0) is 21.1. The molecule has 0 unspecified atom stereocenters. The van der Waals surface area contributed by atoms with Crippen LogP contribution in [0.3, 0.4) is 0 Å². The maximum Gasteiger partial charge on any atom is 0.289 e. The fourth-order valence-corrected chi connectivity index (χ4v) is 5.18. The van der Waals surface area contributed by atoms with E-state index in [1.54, 1.807) is 4.90 Å². The van der Waals surface area contributed by atoms with Crippen molar-refractivity contribution in [2.75, 3.05) is 32.8 Å². The Kier molecular flexibility index (Phi) is 6.01. The largest absolute Gasteiger partial charge is 0.486 e. The summed E-state index contributed by atoms with van der Waals surface area (Å²) in [5.74, 6) is 0.944.